The van der Waals surface area contributed by atoms with Crippen LogP contribution in [0.5, 0.6) is 0 Å². The molecule has 0 bridgehead atoms. The van der Waals surface area contributed by atoms with Gasteiger partial charge in [0.15, 0.2) is 0 Å². The first-order valence-electron chi connectivity index (χ1n) is 12.1. The number of amides is 2. The first-order valence-corrected chi connectivity index (χ1v) is 12.1. The third kappa shape index (κ3) is 15.5. The van der Waals surface area contributed by atoms with Crippen molar-refractivity contribution >= 4 is 11.8 Å². The molecule has 0 saturated heterocycles. The third-order valence-electron chi connectivity index (χ3n) is 4.67. The number of rotatable bonds is 17. The van der Waals surface area contributed by atoms with Gasteiger partial charge in [-0.15, -0.1) is 0 Å². The summed E-state index contributed by atoms with van der Waals surface area (Å²) in [6, 6.07) is 2.86. The highest BCUT2D eigenvalue weighted by atomic mass is 19.1. The minimum atomic E-state index is -0.806. The van der Waals surface area contributed by atoms with Crippen molar-refractivity contribution in [2.75, 3.05) is 13.1 Å². The summed E-state index contributed by atoms with van der Waals surface area (Å²) in [5.41, 5.74) is -0.106. The number of hydrogen-bond donors (Lipinski definition) is 2. The zero-order chi connectivity index (χ0) is 24.7. The van der Waals surface area contributed by atoms with Gasteiger partial charge in [-0.3, -0.25) is 9.59 Å². The van der Waals surface area contributed by atoms with E-state index in [0.717, 1.165) is 44.9 Å². The molecule has 0 saturated carbocycles. The van der Waals surface area contributed by atoms with Gasteiger partial charge in [0.05, 0.1) is 5.56 Å². The monoisotopic (exact) mass is 471 g/mol. The van der Waals surface area contributed by atoms with Gasteiger partial charge in [-0.25, -0.2) is 4.98 Å². The van der Waals surface area contributed by atoms with Crippen LogP contribution in [0.3, 0.4) is 0 Å². The van der Waals surface area contributed by atoms with E-state index in [9.17, 15) is 14.0 Å². The van der Waals surface area contributed by atoms with E-state index in [-0.39, 0.29) is 20.9 Å². The molecule has 0 atom stereocenters. The van der Waals surface area contributed by atoms with E-state index in [1.165, 1.54) is 18.3 Å². The molecule has 5 nitrogen and oxygen atoms in total. The van der Waals surface area contributed by atoms with Gasteiger partial charge in [-0.2, -0.15) is 4.39 Å². The fraction of sp³-hybridized carbons (Fsp3) is 0.393. The summed E-state index contributed by atoms with van der Waals surface area (Å²) in [6.07, 6.45) is 29.8. The molecule has 0 fully saturated rings. The summed E-state index contributed by atoms with van der Waals surface area (Å²) >= 11 is 0. The second-order valence-corrected chi connectivity index (χ2v) is 7.55. The van der Waals surface area contributed by atoms with E-state index in [1.807, 2.05) is 0 Å². The van der Waals surface area contributed by atoms with Crippen LogP contribution in [-0.4, -0.2) is 29.9 Å². The van der Waals surface area contributed by atoms with Crippen molar-refractivity contribution in [3.05, 3.63) is 90.6 Å². The molecule has 2 amide bonds. The van der Waals surface area contributed by atoms with Gasteiger partial charge in [-0.05, 0) is 57.1 Å². The quantitative estimate of drug-likeness (QED) is 0.155. The molecule has 0 aliphatic rings. The predicted molar refractivity (Wildman–Crippen MR) is 142 cm³/mol. The van der Waals surface area contributed by atoms with Crippen LogP contribution >= 0.6 is 0 Å². The molecule has 34 heavy (non-hydrogen) atoms. The molecule has 1 rings (SSSR count). The summed E-state index contributed by atoms with van der Waals surface area (Å²) in [7, 11) is 0. The van der Waals surface area contributed by atoms with Crippen molar-refractivity contribution in [2.45, 2.75) is 58.3 Å². The molecule has 0 radical (unpaired) electrons. The first-order chi connectivity index (χ1) is 16.6. The van der Waals surface area contributed by atoms with Crippen LogP contribution in [0.15, 0.2) is 79.1 Å². The molecule has 0 aliphatic heterocycles. The van der Waals surface area contributed by atoms with Crippen LogP contribution in [0.25, 0.3) is 0 Å². The van der Waals surface area contributed by atoms with Gasteiger partial charge in [0.1, 0.15) is 0 Å². The lowest BCUT2D eigenvalue weighted by molar-refractivity contribution is -0.121. The summed E-state index contributed by atoms with van der Waals surface area (Å²) in [4.78, 5) is 27.1. The maximum atomic E-state index is 13.4. The Morgan fingerprint density at radius 2 is 1.44 bits per heavy atom. The molecule has 6 heteroatoms. The number of nitrogens with one attached hydrogen (secondary N) is 2. The van der Waals surface area contributed by atoms with Crippen molar-refractivity contribution in [1.82, 2.24) is 15.6 Å². The van der Waals surface area contributed by atoms with Gasteiger partial charge >= 0.3 is 0 Å². The number of nitrogens with zero attached hydrogens (tertiary/aromatic N) is 1. The molecule has 0 aromatic carbocycles. The van der Waals surface area contributed by atoms with E-state index in [4.69, 9.17) is 0 Å². The third-order valence-corrected chi connectivity index (χ3v) is 4.67. The Hall–Kier alpha value is -3.28. The smallest absolute Gasteiger partial charge is 0.255 e. The SMILES string of the molecule is CC/C=C\C/C=C\C/C=C\C/C=C\C/C=C\CCCC(=O)NCCNC(=O)c1cccnc1F.[HH].[HH]. The van der Waals surface area contributed by atoms with Crippen molar-refractivity contribution in [3.8, 4) is 0 Å². The summed E-state index contributed by atoms with van der Waals surface area (Å²) in [5.74, 6) is -1.41. The predicted octanol–water partition coefficient (Wildman–Crippen LogP) is 6.48. The number of pyridine rings is 1. The van der Waals surface area contributed by atoms with Crippen molar-refractivity contribution in [2.24, 2.45) is 0 Å². The second kappa shape index (κ2) is 20.3. The lowest BCUT2D eigenvalue weighted by Crippen LogP contribution is -2.35. The largest absolute Gasteiger partial charge is 0.354 e. The molecule has 0 aliphatic carbocycles. The Bertz CT molecular complexity index is 868. The number of halogens is 1. The number of aromatic nitrogens is 1. The van der Waals surface area contributed by atoms with Crippen LogP contribution in [0.4, 0.5) is 4.39 Å². The molecule has 2 N–H and O–H groups in total. The van der Waals surface area contributed by atoms with Crippen molar-refractivity contribution in [1.29, 1.82) is 0 Å². The lowest BCUT2D eigenvalue weighted by atomic mass is 10.2. The van der Waals surface area contributed by atoms with Gasteiger partial charge in [0, 0.05) is 28.6 Å². The van der Waals surface area contributed by atoms with Gasteiger partial charge in [0.2, 0.25) is 11.9 Å². The standard InChI is InChI=1S/C28H38FN3O2.2H2/c1-2-3-4-5-6-7-8-9-10-11-12-13-14-15-16-17-18-21-26(33)30-23-24-32-28(34)25-20-19-22-31-27(25)29;;/h3-4,6-7,9-10,12-13,15-16,19-20,22H,2,5,8,11,14,17-18,21,23-24H2,1H3,(H,30,33)(H,32,34);2*1H/b4-3-,7-6-,10-9-,13-12-,16-15-;;. The number of unbranched alkanes of at least 4 members (excludes halogenated alkanes) is 1. The van der Waals surface area contributed by atoms with Crippen molar-refractivity contribution in [3.63, 3.8) is 0 Å². The Kier molecular flexibility index (Phi) is 17.2. The maximum absolute atomic E-state index is 13.4. The Labute approximate surface area is 206 Å². The Balaban J connectivity index is 0. The molecule has 1 aromatic rings. The molecule has 1 heterocycles. The summed E-state index contributed by atoms with van der Waals surface area (Å²) < 4.78 is 13.4. The summed E-state index contributed by atoms with van der Waals surface area (Å²) in [6.45, 7) is 2.67. The fourth-order valence-electron chi connectivity index (χ4n) is 2.87. The van der Waals surface area contributed by atoms with E-state index >= 15 is 0 Å². The van der Waals surface area contributed by atoms with E-state index in [1.54, 1.807) is 0 Å². The molecule has 1 aromatic heterocycles. The van der Waals surface area contributed by atoms with Gasteiger partial charge < -0.3 is 10.6 Å². The van der Waals surface area contributed by atoms with Crippen LogP contribution in [-0.2, 0) is 4.79 Å². The van der Waals surface area contributed by atoms with Gasteiger partial charge in [0.25, 0.3) is 5.91 Å². The average Bonchev–Trinajstić information content (AvgIpc) is 2.84. The van der Waals surface area contributed by atoms with E-state index < -0.39 is 11.9 Å². The minimum Gasteiger partial charge on any atom is -0.354 e. The molecule has 0 unspecified atom stereocenters. The number of allylic oxidation sites excluding steroid dienone is 10. The normalized spacial score (nSPS) is 12.1. The van der Waals surface area contributed by atoms with E-state index in [0.29, 0.717) is 13.0 Å². The molecule has 0 spiro atoms. The van der Waals surface area contributed by atoms with Crippen LogP contribution in [0.1, 0.15) is 71.5 Å². The van der Waals surface area contributed by atoms with Crippen LogP contribution < -0.4 is 10.6 Å². The number of carbonyl (C=O) groups excluding carboxylic acids is 2. The lowest BCUT2D eigenvalue weighted by Gasteiger charge is -2.07. The highest BCUT2D eigenvalue weighted by molar-refractivity contribution is 5.94. The molecular weight excluding hydrogens is 429 g/mol. The number of carbonyl (C=O) groups is 2. The van der Waals surface area contributed by atoms with E-state index in [2.05, 4.69) is 83.3 Å². The van der Waals surface area contributed by atoms with Crippen molar-refractivity contribution < 1.29 is 16.8 Å². The maximum Gasteiger partial charge on any atom is 0.255 e. The zero-order valence-electron chi connectivity index (χ0n) is 20.2. The number of hydrogen-bond acceptors (Lipinski definition) is 3. The fourth-order valence-corrected chi connectivity index (χ4v) is 2.87. The zero-order valence-corrected chi connectivity index (χ0v) is 20.2. The first kappa shape index (κ1) is 28.8. The highest BCUT2D eigenvalue weighted by Gasteiger charge is 2.11. The van der Waals surface area contributed by atoms with Crippen LogP contribution in [0.2, 0.25) is 0 Å². The Morgan fingerprint density at radius 1 is 0.882 bits per heavy atom. The Morgan fingerprint density at radius 3 is 2.03 bits per heavy atom. The summed E-state index contributed by atoms with van der Waals surface area (Å²) in [5, 5.41) is 5.31. The second-order valence-electron chi connectivity index (χ2n) is 7.55. The minimum absolute atomic E-state index is 0. The topological polar surface area (TPSA) is 71.1 Å². The molecular formula is C28H42FN3O2. The average molecular weight is 472 g/mol. The highest BCUT2D eigenvalue weighted by Crippen LogP contribution is 2.02. The van der Waals surface area contributed by atoms with Crippen LogP contribution in [0, 0.1) is 5.95 Å². The molecule has 188 valence electrons. The van der Waals surface area contributed by atoms with Gasteiger partial charge in [-0.1, -0.05) is 67.7 Å².